The van der Waals surface area contributed by atoms with Gasteiger partial charge >= 0.3 is 140 Å². The summed E-state index contributed by atoms with van der Waals surface area (Å²) in [7, 11) is -6.00. The van der Waals surface area contributed by atoms with Crippen LogP contribution >= 0.6 is 7.85 Å². The van der Waals surface area contributed by atoms with E-state index in [1.165, 1.54) is 6.07 Å². The number of benzene rings is 2. The summed E-state index contributed by atoms with van der Waals surface area (Å²) in [6, 6.07) is 6.25. The molecule has 222 valence electrons. The van der Waals surface area contributed by atoms with Gasteiger partial charge in [0.25, 0.3) is 5.91 Å². The quantitative estimate of drug-likeness (QED) is 0.174. The van der Waals surface area contributed by atoms with Gasteiger partial charge in [-0.1, -0.05) is 19.6 Å². The van der Waals surface area contributed by atoms with Crippen LogP contribution in [-0.2, 0) is 6.42 Å². The topological polar surface area (TPSA) is 49.4 Å². The third-order valence-electron chi connectivity index (χ3n) is 6.61. The van der Waals surface area contributed by atoms with Crippen molar-refractivity contribution in [2.45, 2.75) is 45.7 Å². The standard InChI is InChI=1S/C28H34F7N2O2P/c1-5-20(8-14-26(38)21-9-11-22(12-10-21)40(32,33,34)35)17-37(4)16-15-24-19(3)7-13-25(23(24)6-2)27(39)36-18-28(29,30)31/h7,9-13,15,20H,3,5-6,8,14,16-18H2,1-2,4H3,(H,36,39)/b24-15+. The summed E-state index contributed by atoms with van der Waals surface area (Å²) in [6.45, 7) is 7.36. The zero-order valence-corrected chi connectivity index (χ0v) is 23.5. The van der Waals surface area contributed by atoms with Crippen molar-refractivity contribution in [2.24, 2.45) is 5.92 Å². The van der Waals surface area contributed by atoms with E-state index >= 15 is 0 Å². The van der Waals surface area contributed by atoms with Crippen LogP contribution in [0.2, 0.25) is 0 Å². The van der Waals surface area contributed by atoms with Gasteiger partial charge in [-0.25, -0.2) is 0 Å². The predicted octanol–water partition coefficient (Wildman–Crippen LogP) is 6.07. The molecule has 0 spiro atoms. The summed E-state index contributed by atoms with van der Waals surface area (Å²) in [5.41, 5.74) is 0.844. The minimum atomic E-state index is -7.87. The second-order valence-corrected chi connectivity index (χ2v) is 11.7. The van der Waals surface area contributed by atoms with Crippen molar-refractivity contribution in [2.75, 3.05) is 26.7 Å². The van der Waals surface area contributed by atoms with Gasteiger partial charge in [-0.15, -0.1) is 0 Å². The summed E-state index contributed by atoms with van der Waals surface area (Å²) in [5.74, 6) is -1.04. The number of amides is 1. The van der Waals surface area contributed by atoms with E-state index in [0.717, 1.165) is 18.6 Å². The van der Waals surface area contributed by atoms with E-state index in [1.807, 2.05) is 30.3 Å². The van der Waals surface area contributed by atoms with Crippen molar-refractivity contribution in [3.8, 4) is 0 Å². The zero-order chi connectivity index (χ0) is 30.3. The van der Waals surface area contributed by atoms with E-state index in [0.29, 0.717) is 54.1 Å². The molecule has 2 aromatic rings. The number of nitrogens with one attached hydrogen (secondary N) is 1. The molecule has 0 aliphatic carbocycles. The van der Waals surface area contributed by atoms with Gasteiger partial charge in [-0.05, 0) is 28.5 Å². The van der Waals surface area contributed by atoms with Crippen LogP contribution < -0.4 is 21.1 Å². The molecule has 2 rings (SSSR count). The Bertz CT molecular complexity index is 1300. The third kappa shape index (κ3) is 10.0. The predicted molar refractivity (Wildman–Crippen MR) is 146 cm³/mol. The summed E-state index contributed by atoms with van der Waals surface area (Å²) in [4.78, 5) is 26.9. The number of rotatable bonds is 13. The molecule has 12 heteroatoms. The Labute approximate surface area is 229 Å². The molecule has 0 saturated heterocycles. The fourth-order valence-corrected chi connectivity index (χ4v) is 4.98. The number of carbonyl (C=O) groups excluding carboxylic acids is 2. The Morgan fingerprint density at radius 1 is 1.05 bits per heavy atom. The molecule has 0 saturated carbocycles. The second-order valence-electron chi connectivity index (χ2n) is 9.75. The average molecular weight is 595 g/mol. The molecule has 1 unspecified atom stereocenters. The SMILES string of the molecule is C=c1ccc(C(=O)NCC(F)(F)F)c(CC)/c1=C/CN(C)CC(CC)CCC(=O)c1ccc(P(F)(F)(F)F)cc1. The van der Waals surface area contributed by atoms with E-state index in [9.17, 15) is 39.5 Å². The van der Waals surface area contributed by atoms with Crippen LogP contribution in [0.4, 0.5) is 30.0 Å². The summed E-state index contributed by atoms with van der Waals surface area (Å²) < 4.78 is 89.3. The van der Waals surface area contributed by atoms with Crippen LogP contribution in [-0.4, -0.2) is 49.4 Å². The number of Topliss-reactive ketones (excluding diaryl/α,β-unsaturated/α-hetero) is 1. The summed E-state index contributed by atoms with van der Waals surface area (Å²) in [6.07, 6.45) is -0.894. The molecule has 1 amide bonds. The third-order valence-corrected chi connectivity index (χ3v) is 7.69. The van der Waals surface area contributed by atoms with E-state index in [2.05, 4.69) is 6.58 Å². The summed E-state index contributed by atoms with van der Waals surface area (Å²) in [5, 5.41) is 1.86. The Kier molecular flexibility index (Phi) is 11.1. The number of hydrogen-bond donors (Lipinski definition) is 1. The Morgan fingerprint density at radius 3 is 2.20 bits per heavy atom. The van der Waals surface area contributed by atoms with E-state index in [4.69, 9.17) is 0 Å². The first-order valence-electron chi connectivity index (χ1n) is 12.8. The first-order valence-corrected chi connectivity index (χ1v) is 14.6. The second kappa shape index (κ2) is 13.3. The molecular weight excluding hydrogens is 560 g/mol. The number of hydrogen-bond acceptors (Lipinski definition) is 3. The van der Waals surface area contributed by atoms with Crippen molar-refractivity contribution in [1.29, 1.82) is 0 Å². The molecule has 0 aliphatic rings. The number of ketones is 1. The Morgan fingerprint density at radius 2 is 1.68 bits per heavy atom. The molecule has 0 aromatic heterocycles. The van der Waals surface area contributed by atoms with Crippen molar-refractivity contribution in [3.63, 3.8) is 0 Å². The van der Waals surface area contributed by atoms with Crippen LogP contribution in [0.25, 0.3) is 12.7 Å². The van der Waals surface area contributed by atoms with Gasteiger partial charge in [-0.3, -0.25) is 4.79 Å². The molecule has 0 heterocycles. The van der Waals surface area contributed by atoms with Gasteiger partial charge in [0.05, 0.1) is 0 Å². The van der Waals surface area contributed by atoms with E-state index in [1.54, 1.807) is 13.0 Å². The first kappa shape index (κ1) is 33.4. The molecule has 0 bridgehead atoms. The van der Waals surface area contributed by atoms with Crippen molar-refractivity contribution < 1.29 is 39.5 Å². The molecule has 1 N–H and O–H groups in total. The Balaban J connectivity index is 2.06. The number of nitrogens with zero attached hydrogens (tertiary/aromatic N) is 1. The van der Waals surface area contributed by atoms with Gasteiger partial charge in [0.2, 0.25) is 0 Å². The van der Waals surface area contributed by atoms with Crippen LogP contribution in [0, 0.1) is 5.92 Å². The molecule has 0 fully saturated rings. The van der Waals surface area contributed by atoms with Crippen LogP contribution in [0.15, 0.2) is 36.4 Å². The van der Waals surface area contributed by atoms with Crippen molar-refractivity contribution in [3.05, 3.63) is 63.5 Å². The summed E-state index contributed by atoms with van der Waals surface area (Å²) >= 11 is 0. The number of alkyl halides is 3. The molecule has 40 heavy (non-hydrogen) atoms. The first-order chi connectivity index (χ1) is 18.4. The maximum atomic E-state index is 12.9. The van der Waals surface area contributed by atoms with Crippen LogP contribution in [0.3, 0.4) is 0 Å². The van der Waals surface area contributed by atoms with E-state index in [-0.39, 0.29) is 29.2 Å². The Hall–Kier alpha value is -2.78. The average Bonchev–Trinajstić information content (AvgIpc) is 2.87. The fraction of sp³-hybridized carbons (Fsp3) is 0.429. The monoisotopic (exact) mass is 594 g/mol. The molecular formula is C28H34F7N2O2P. The van der Waals surface area contributed by atoms with Gasteiger partial charge in [0.15, 0.2) is 0 Å². The number of halogens is 7. The molecule has 0 radical (unpaired) electrons. The van der Waals surface area contributed by atoms with E-state index < -0.39 is 31.8 Å². The van der Waals surface area contributed by atoms with Gasteiger partial charge in [0, 0.05) is 5.56 Å². The molecule has 0 aliphatic heterocycles. The van der Waals surface area contributed by atoms with Crippen LogP contribution in [0.1, 0.15) is 59.4 Å². The van der Waals surface area contributed by atoms with Gasteiger partial charge < -0.3 is 5.32 Å². The molecule has 2 aromatic carbocycles. The number of carbonyl (C=O) groups is 2. The van der Waals surface area contributed by atoms with Crippen molar-refractivity contribution in [1.82, 2.24) is 10.2 Å². The molecule has 4 nitrogen and oxygen atoms in total. The maximum absolute atomic E-state index is 12.9. The zero-order valence-electron chi connectivity index (χ0n) is 22.6. The molecule has 1 atom stereocenters. The van der Waals surface area contributed by atoms with Crippen LogP contribution in [0.5, 0.6) is 0 Å². The van der Waals surface area contributed by atoms with Gasteiger partial charge in [0.1, 0.15) is 6.54 Å². The fourth-order valence-electron chi connectivity index (χ4n) is 4.38. The van der Waals surface area contributed by atoms with Crippen molar-refractivity contribution >= 4 is 37.5 Å². The normalized spacial score (nSPS) is 14.6. The minimum absolute atomic E-state index is 0.0925. The van der Waals surface area contributed by atoms with Gasteiger partial charge in [-0.2, -0.15) is 13.2 Å².